The second-order valence-corrected chi connectivity index (χ2v) is 6.48. The van der Waals surface area contributed by atoms with Crippen molar-refractivity contribution >= 4 is 20.0 Å². The topological polar surface area (TPSA) is 80.3 Å². The first-order chi connectivity index (χ1) is 5.46. The molecule has 0 radical (unpaired) electrons. The number of sulfonamides is 2. The Hall–Kier alpha value is -0.350. The minimum Gasteiger partial charge on any atom is -0.217 e. The number of alkyl halides is 3. The van der Waals surface area contributed by atoms with E-state index in [1.165, 1.54) is 0 Å². The van der Waals surface area contributed by atoms with E-state index in [1.54, 1.807) is 0 Å². The lowest BCUT2D eigenvalue weighted by atomic mass is 10.4. The summed E-state index contributed by atoms with van der Waals surface area (Å²) < 4.78 is 80.6. The summed E-state index contributed by atoms with van der Waals surface area (Å²) >= 11 is 0. The molecule has 0 spiro atoms. The maximum absolute atomic E-state index is 12.9. The third kappa shape index (κ3) is 1.02. The minimum absolute atomic E-state index is 0.0140. The zero-order chi connectivity index (χ0) is 10.7. The highest BCUT2D eigenvalue weighted by atomic mass is 32.3. The van der Waals surface area contributed by atoms with E-state index in [1.807, 2.05) is 0 Å². The van der Waals surface area contributed by atoms with Gasteiger partial charge in [0.2, 0.25) is 0 Å². The average molecular weight is 239 g/mol. The summed E-state index contributed by atoms with van der Waals surface area (Å²) in [6.45, 7) is -0.0140. The first-order valence-electron chi connectivity index (χ1n) is 2.80. The van der Waals surface area contributed by atoms with Gasteiger partial charge in [-0.1, -0.05) is 0 Å². The zero-order valence-corrected chi connectivity index (χ0v) is 7.72. The minimum atomic E-state index is -5.49. The summed E-state index contributed by atoms with van der Waals surface area (Å²) in [6, 6.07) is 0. The van der Waals surface area contributed by atoms with Gasteiger partial charge >= 0.3 is 10.3 Å². The van der Waals surface area contributed by atoms with Crippen molar-refractivity contribution in [3.63, 3.8) is 0 Å². The van der Waals surface area contributed by atoms with Gasteiger partial charge in [-0.15, -0.1) is 4.13 Å². The first kappa shape index (κ1) is 10.7. The van der Waals surface area contributed by atoms with Crippen molar-refractivity contribution in [3.8, 4) is 0 Å². The van der Waals surface area contributed by atoms with Crippen molar-refractivity contribution in [2.75, 3.05) is 0 Å². The molecular weight excluding hydrogens is 235 g/mol. The summed E-state index contributed by atoms with van der Waals surface area (Å²) in [4.78, 5) is 0. The van der Waals surface area contributed by atoms with Gasteiger partial charge in [0.15, 0.2) is 0 Å². The molecule has 1 fully saturated rings. The Kier molecular flexibility index (Phi) is 1.79. The van der Waals surface area contributed by atoms with Gasteiger partial charge in [0.25, 0.3) is 20.0 Å². The van der Waals surface area contributed by atoms with Gasteiger partial charge in [-0.05, 0) is 6.92 Å². The molecule has 0 aliphatic carbocycles. The van der Waals surface area contributed by atoms with E-state index in [0.29, 0.717) is 4.13 Å². The number of halogens is 3. The number of rotatable bonds is 0. The molecule has 1 aliphatic rings. The van der Waals surface area contributed by atoms with Gasteiger partial charge in [-0.3, -0.25) is 0 Å². The fourth-order valence-corrected chi connectivity index (χ4v) is 4.32. The lowest BCUT2D eigenvalue weighted by Crippen LogP contribution is -2.43. The lowest BCUT2D eigenvalue weighted by molar-refractivity contribution is -0.00667. The Labute approximate surface area is 72.0 Å². The van der Waals surface area contributed by atoms with E-state index >= 15 is 0 Å². The van der Waals surface area contributed by atoms with Gasteiger partial charge in [0.1, 0.15) is 0 Å². The largest absolute Gasteiger partial charge is 0.408 e. The van der Waals surface area contributed by atoms with Crippen LogP contribution in [-0.4, -0.2) is 27.1 Å². The summed E-state index contributed by atoms with van der Waals surface area (Å²) in [7, 11) is -10.7. The maximum Gasteiger partial charge on any atom is 0.408 e. The standard InChI is InChI=1S/C3H4F3NO4S2/c1-2(4)3(5,6)13(10,11)7-12(2,8)9/h7H,1H3. The van der Waals surface area contributed by atoms with Crippen LogP contribution >= 0.6 is 0 Å². The van der Waals surface area contributed by atoms with E-state index in [4.69, 9.17) is 0 Å². The first-order valence-corrected chi connectivity index (χ1v) is 5.77. The summed E-state index contributed by atoms with van der Waals surface area (Å²) in [5.74, 6) is 0. The van der Waals surface area contributed by atoms with E-state index in [2.05, 4.69) is 0 Å². The molecule has 78 valence electrons. The van der Waals surface area contributed by atoms with Gasteiger partial charge in [-0.2, -0.15) is 8.78 Å². The number of nitrogens with one attached hydrogen (secondary N) is 1. The van der Waals surface area contributed by atoms with Crippen LogP contribution in [0, 0.1) is 0 Å². The fourth-order valence-electron chi connectivity index (χ4n) is 0.671. The van der Waals surface area contributed by atoms with Crippen molar-refractivity contribution in [3.05, 3.63) is 0 Å². The molecular formula is C3H4F3NO4S2. The Bertz CT molecular complexity index is 393. The van der Waals surface area contributed by atoms with E-state index in [0.717, 1.165) is 0 Å². The summed E-state index contributed by atoms with van der Waals surface area (Å²) in [5, 5.41) is -9.11. The molecule has 1 unspecified atom stereocenters. The molecule has 1 N–H and O–H groups in total. The molecule has 1 aliphatic heterocycles. The van der Waals surface area contributed by atoms with E-state index in [-0.39, 0.29) is 6.92 Å². The normalized spacial score (nSPS) is 40.3. The maximum atomic E-state index is 12.9. The smallest absolute Gasteiger partial charge is 0.217 e. The number of hydrogen-bond acceptors (Lipinski definition) is 4. The van der Waals surface area contributed by atoms with Crippen LogP contribution in [0.2, 0.25) is 0 Å². The molecule has 13 heavy (non-hydrogen) atoms. The SMILES string of the molecule is CC1(F)C(F)(F)S(=O)(=O)NS1(=O)=O. The van der Waals surface area contributed by atoms with Crippen molar-refractivity contribution in [2.24, 2.45) is 0 Å². The molecule has 1 saturated heterocycles. The van der Waals surface area contributed by atoms with Gasteiger partial charge in [0, 0.05) is 0 Å². The highest BCUT2D eigenvalue weighted by Crippen LogP contribution is 2.45. The van der Waals surface area contributed by atoms with Crippen LogP contribution in [0.3, 0.4) is 0 Å². The highest BCUT2D eigenvalue weighted by molar-refractivity contribution is 8.09. The Balaban J connectivity index is 3.61. The van der Waals surface area contributed by atoms with Gasteiger partial charge in [-0.25, -0.2) is 21.2 Å². The summed E-state index contributed by atoms with van der Waals surface area (Å²) in [5.41, 5.74) is 0. The third-order valence-electron chi connectivity index (χ3n) is 1.58. The van der Waals surface area contributed by atoms with Gasteiger partial charge in [0.05, 0.1) is 0 Å². The molecule has 0 aromatic heterocycles. The third-order valence-corrected chi connectivity index (χ3v) is 5.79. The average Bonchev–Trinajstić information content (AvgIpc) is 1.88. The van der Waals surface area contributed by atoms with Crippen molar-refractivity contribution in [2.45, 2.75) is 17.2 Å². The molecule has 1 heterocycles. The fraction of sp³-hybridized carbons (Fsp3) is 1.00. The van der Waals surface area contributed by atoms with Crippen molar-refractivity contribution in [1.82, 2.24) is 4.13 Å². The van der Waals surface area contributed by atoms with Crippen LogP contribution in [0.1, 0.15) is 6.92 Å². The molecule has 1 rings (SSSR count). The Morgan fingerprint density at radius 2 is 1.38 bits per heavy atom. The summed E-state index contributed by atoms with van der Waals surface area (Å²) in [6.07, 6.45) is 0. The quantitative estimate of drug-likeness (QED) is 0.619. The molecule has 0 saturated carbocycles. The molecule has 5 nitrogen and oxygen atoms in total. The van der Waals surface area contributed by atoms with Crippen LogP contribution in [0.5, 0.6) is 0 Å². The Morgan fingerprint density at radius 3 is 1.46 bits per heavy atom. The van der Waals surface area contributed by atoms with Crippen LogP contribution < -0.4 is 4.13 Å². The molecule has 1 atom stereocenters. The molecule has 0 aromatic rings. The zero-order valence-electron chi connectivity index (χ0n) is 6.08. The van der Waals surface area contributed by atoms with Crippen molar-refractivity contribution in [1.29, 1.82) is 0 Å². The predicted octanol–water partition coefficient (Wildman–Crippen LogP) is -0.472. The predicted molar refractivity (Wildman–Crippen MR) is 35.4 cm³/mol. The van der Waals surface area contributed by atoms with Crippen LogP contribution in [0.25, 0.3) is 0 Å². The molecule has 0 aromatic carbocycles. The van der Waals surface area contributed by atoms with Gasteiger partial charge < -0.3 is 0 Å². The highest BCUT2D eigenvalue weighted by Gasteiger charge is 2.75. The monoisotopic (exact) mass is 239 g/mol. The molecule has 0 amide bonds. The van der Waals surface area contributed by atoms with Crippen molar-refractivity contribution < 1.29 is 30.0 Å². The molecule has 0 bridgehead atoms. The second-order valence-electron chi connectivity index (χ2n) is 2.52. The van der Waals surface area contributed by atoms with E-state index < -0.39 is 30.3 Å². The Morgan fingerprint density at radius 1 is 1.00 bits per heavy atom. The lowest BCUT2D eigenvalue weighted by Gasteiger charge is -2.16. The van der Waals surface area contributed by atoms with Crippen LogP contribution in [-0.2, 0) is 20.0 Å². The van der Waals surface area contributed by atoms with Crippen LogP contribution in [0.4, 0.5) is 13.2 Å². The van der Waals surface area contributed by atoms with E-state index in [9.17, 15) is 30.0 Å². The van der Waals surface area contributed by atoms with Crippen LogP contribution in [0.15, 0.2) is 0 Å². The number of hydrogen-bond donors (Lipinski definition) is 1. The second kappa shape index (κ2) is 2.17. The molecule has 10 heteroatoms.